The van der Waals surface area contributed by atoms with E-state index in [4.69, 9.17) is 19.0 Å². The zero-order valence-electron chi connectivity index (χ0n) is 22.3. The third-order valence-corrected chi connectivity index (χ3v) is 6.98. The van der Waals surface area contributed by atoms with Crippen molar-refractivity contribution in [3.63, 3.8) is 0 Å². The summed E-state index contributed by atoms with van der Waals surface area (Å²) in [6.45, 7) is 10.9. The number of hydrogen-bond donors (Lipinski definition) is 0. The van der Waals surface area contributed by atoms with Gasteiger partial charge < -0.3 is 23.5 Å². The van der Waals surface area contributed by atoms with E-state index in [2.05, 4.69) is 20.8 Å². The smallest absolute Gasteiger partial charge is 0.410 e. The van der Waals surface area contributed by atoms with Crippen LogP contribution in [0.4, 0.5) is 4.79 Å². The molecule has 0 saturated carbocycles. The minimum atomic E-state index is -0.530. The molecule has 0 saturated heterocycles. The lowest BCUT2D eigenvalue weighted by molar-refractivity contribution is 0.0270. The van der Waals surface area contributed by atoms with Gasteiger partial charge in [-0.1, -0.05) is 17.3 Å². The van der Waals surface area contributed by atoms with Crippen molar-refractivity contribution in [1.29, 1.82) is 0 Å². The summed E-state index contributed by atoms with van der Waals surface area (Å²) in [5, 5.41) is 4.16. The maximum absolute atomic E-state index is 12.6. The Morgan fingerprint density at radius 1 is 1.16 bits per heavy atom. The average Bonchev–Trinajstić information content (AvgIpc) is 3.45. The van der Waals surface area contributed by atoms with Crippen LogP contribution in [0.2, 0.25) is 0 Å². The molecule has 0 aliphatic carbocycles. The number of amides is 1. The minimum Gasteiger partial charge on any atom is -0.488 e. The third-order valence-electron chi connectivity index (χ3n) is 6.98. The zero-order chi connectivity index (χ0) is 26.6. The summed E-state index contributed by atoms with van der Waals surface area (Å²) in [6, 6.07) is 9.84. The van der Waals surface area contributed by atoms with Crippen LogP contribution in [0.3, 0.4) is 0 Å². The highest BCUT2D eigenvalue weighted by Crippen LogP contribution is 2.45. The first-order valence-electron chi connectivity index (χ1n) is 12.9. The number of hydrogen-bond acceptors (Lipinski definition) is 7. The van der Waals surface area contributed by atoms with Gasteiger partial charge in [0.1, 0.15) is 35.4 Å². The van der Waals surface area contributed by atoms with Gasteiger partial charge >= 0.3 is 6.09 Å². The molecule has 38 heavy (non-hydrogen) atoms. The van der Waals surface area contributed by atoms with E-state index >= 15 is 0 Å². The number of carbonyl (C=O) groups is 1. The Labute approximate surface area is 221 Å². The first kappa shape index (κ1) is 24.2. The highest BCUT2D eigenvalue weighted by molar-refractivity contribution is 5.94. The molecule has 0 spiro atoms. The molecule has 0 radical (unpaired) electrons. The van der Waals surface area contributed by atoms with Crippen molar-refractivity contribution in [2.45, 2.75) is 52.7 Å². The SMILES string of the molecule is Cc1noc(C)c1-c1ccc2nc(C3=CCN(C(=O)OC(C)(C)C)CC3)n3c2c1OCC3c1ccccn1. The van der Waals surface area contributed by atoms with Crippen LogP contribution in [0.1, 0.15) is 56.2 Å². The van der Waals surface area contributed by atoms with Crippen LogP contribution in [-0.4, -0.2) is 56.0 Å². The molecule has 1 amide bonds. The Balaban J connectivity index is 1.47. The summed E-state index contributed by atoms with van der Waals surface area (Å²) in [5.74, 6) is 2.40. The van der Waals surface area contributed by atoms with E-state index in [1.54, 1.807) is 11.1 Å². The van der Waals surface area contributed by atoms with Crippen molar-refractivity contribution >= 4 is 22.7 Å². The molecule has 6 rings (SSSR count). The van der Waals surface area contributed by atoms with Gasteiger partial charge in [-0.3, -0.25) is 4.98 Å². The van der Waals surface area contributed by atoms with E-state index in [1.165, 1.54) is 0 Å². The van der Waals surface area contributed by atoms with Crippen LogP contribution in [0.15, 0.2) is 47.1 Å². The van der Waals surface area contributed by atoms with E-state index in [1.807, 2.05) is 65.0 Å². The van der Waals surface area contributed by atoms with Gasteiger partial charge in [-0.05, 0) is 70.9 Å². The number of aryl methyl sites for hydroxylation is 2. The minimum absolute atomic E-state index is 0.145. The summed E-state index contributed by atoms with van der Waals surface area (Å²) >= 11 is 0. The van der Waals surface area contributed by atoms with E-state index in [9.17, 15) is 4.79 Å². The van der Waals surface area contributed by atoms with Crippen LogP contribution in [0, 0.1) is 13.8 Å². The number of pyridine rings is 1. The maximum atomic E-state index is 12.6. The first-order chi connectivity index (χ1) is 18.2. The quantitative estimate of drug-likeness (QED) is 0.346. The third kappa shape index (κ3) is 4.12. The Kier molecular flexibility index (Phi) is 5.74. The summed E-state index contributed by atoms with van der Waals surface area (Å²) in [5.41, 5.74) is 5.94. The number of rotatable bonds is 3. The molecule has 196 valence electrons. The zero-order valence-corrected chi connectivity index (χ0v) is 22.3. The van der Waals surface area contributed by atoms with Crippen LogP contribution < -0.4 is 4.74 Å². The molecule has 2 aliphatic heterocycles. The molecule has 0 fully saturated rings. The molecule has 2 aliphatic rings. The molecule has 5 heterocycles. The number of imidazole rings is 1. The number of benzene rings is 1. The Morgan fingerprint density at radius 2 is 2.00 bits per heavy atom. The van der Waals surface area contributed by atoms with Gasteiger partial charge in [0.15, 0.2) is 5.75 Å². The molecular formula is C29H31N5O4. The Morgan fingerprint density at radius 3 is 2.66 bits per heavy atom. The lowest BCUT2D eigenvalue weighted by Crippen LogP contribution is -2.39. The molecule has 3 aromatic heterocycles. The first-order valence-corrected chi connectivity index (χ1v) is 12.9. The fourth-order valence-corrected chi connectivity index (χ4v) is 5.29. The Hall–Kier alpha value is -4.14. The predicted octanol–water partition coefficient (Wildman–Crippen LogP) is 5.71. The molecular weight excluding hydrogens is 482 g/mol. The van der Waals surface area contributed by atoms with E-state index in [-0.39, 0.29) is 12.1 Å². The molecule has 0 N–H and O–H groups in total. The fourth-order valence-electron chi connectivity index (χ4n) is 5.29. The second-order valence-corrected chi connectivity index (χ2v) is 10.8. The maximum Gasteiger partial charge on any atom is 0.410 e. The van der Waals surface area contributed by atoms with Gasteiger partial charge in [0.2, 0.25) is 0 Å². The number of carbonyl (C=O) groups excluding carboxylic acids is 1. The van der Waals surface area contributed by atoms with E-state index in [0.29, 0.717) is 26.1 Å². The fraction of sp³-hybridized carbons (Fsp3) is 0.379. The monoisotopic (exact) mass is 513 g/mol. The number of nitrogens with zero attached hydrogens (tertiary/aromatic N) is 5. The highest BCUT2D eigenvalue weighted by atomic mass is 16.6. The van der Waals surface area contributed by atoms with Gasteiger partial charge in [-0.15, -0.1) is 0 Å². The largest absolute Gasteiger partial charge is 0.488 e. The van der Waals surface area contributed by atoms with Crippen molar-refractivity contribution in [1.82, 2.24) is 24.6 Å². The van der Waals surface area contributed by atoms with Gasteiger partial charge in [-0.2, -0.15) is 0 Å². The summed E-state index contributed by atoms with van der Waals surface area (Å²) < 4.78 is 19.8. The highest BCUT2D eigenvalue weighted by Gasteiger charge is 2.34. The number of aromatic nitrogens is 4. The van der Waals surface area contributed by atoms with Crippen molar-refractivity contribution in [2.75, 3.05) is 19.7 Å². The van der Waals surface area contributed by atoms with Crippen LogP contribution >= 0.6 is 0 Å². The average molecular weight is 514 g/mol. The summed E-state index contributed by atoms with van der Waals surface area (Å²) in [6.07, 6.45) is 4.26. The van der Waals surface area contributed by atoms with Crippen molar-refractivity contribution in [2.24, 2.45) is 0 Å². The molecule has 1 unspecified atom stereocenters. The standard InChI is InChI=1S/C29H31N5O4/c1-17-24(18(2)38-32-17)20-9-10-22-25-26(20)36-16-23(21-8-6-7-13-30-21)34(25)27(31-22)19-11-14-33(15-12-19)28(35)37-29(3,4)5/h6-11,13,23H,12,14-16H2,1-5H3. The molecule has 4 aromatic rings. The lowest BCUT2D eigenvalue weighted by Gasteiger charge is -2.31. The van der Waals surface area contributed by atoms with E-state index < -0.39 is 5.60 Å². The lowest BCUT2D eigenvalue weighted by atomic mass is 10.0. The van der Waals surface area contributed by atoms with Crippen LogP contribution in [0.5, 0.6) is 5.75 Å². The van der Waals surface area contributed by atoms with Crippen molar-refractivity contribution < 1.29 is 18.8 Å². The van der Waals surface area contributed by atoms with Gasteiger partial charge in [0, 0.05) is 24.8 Å². The second-order valence-electron chi connectivity index (χ2n) is 10.8. The predicted molar refractivity (Wildman–Crippen MR) is 143 cm³/mol. The molecule has 1 aromatic carbocycles. The Bertz CT molecular complexity index is 1540. The van der Waals surface area contributed by atoms with Gasteiger partial charge in [0.25, 0.3) is 0 Å². The molecule has 1 atom stereocenters. The topological polar surface area (TPSA) is 95.5 Å². The van der Waals surface area contributed by atoms with Crippen LogP contribution in [-0.2, 0) is 4.74 Å². The number of ether oxygens (including phenoxy) is 2. The van der Waals surface area contributed by atoms with Gasteiger partial charge in [0.05, 0.1) is 22.5 Å². The van der Waals surface area contributed by atoms with E-state index in [0.717, 1.165) is 56.5 Å². The van der Waals surface area contributed by atoms with Crippen molar-refractivity contribution in [3.05, 3.63) is 65.6 Å². The summed E-state index contributed by atoms with van der Waals surface area (Å²) in [7, 11) is 0. The molecule has 9 nitrogen and oxygen atoms in total. The van der Waals surface area contributed by atoms with Crippen LogP contribution in [0.25, 0.3) is 27.7 Å². The normalized spacial score (nSPS) is 17.3. The molecule has 0 bridgehead atoms. The summed E-state index contributed by atoms with van der Waals surface area (Å²) in [4.78, 5) is 24.1. The van der Waals surface area contributed by atoms with Crippen molar-refractivity contribution in [3.8, 4) is 16.9 Å². The molecule has 9 heteroatoms. The van der Waals surface area contributed by atoms with Gasteiger partial charge in [-0.25, -0.2) is 9.78 Å². The second kappa shape index (κ2) is 9.01.